The van der Waals surface area contributed by atoms with Gasteiger partial charge in [-0.2, -0.15) is 0 Å². The van der Waals surface area contributed by atoms with Crippen LogP contribution < -0.4 is 4.74 Å². The molecule has 2 aromatic rings. The van der Waals surface area contributed by atoms with Gasteiger partial charge in [-0.15, -0.1) is 11.3 Å². The molecule has 0 radical (unpaired) electrons. The van der Waals surface area contributed by atoms with Gasteiger partial charge < -0.3 is 4.74 Å². The second kappa shape index (κ2) is 4.23. The summed E-state index contributed by atoms with van der Waals surface area (Å²) in [6, 6.07) is 7.37. The van der Waals surface area contributed by atoms with Crippen molar-refractivity contribution in [2.75, 3.05) is 7.11 Å². The average Bonchev–Trinajstić information content (AvgIpc) is 2.77. The van der Waals surface area contributed by atoms with E-state index < -0.39 is 0 Å². The largest absolute Gasteiger partial charge is 0.481 e. The predicted molar refractivity (Wildman–Crippen MR) is 59.5 cm³/mol. The highest BCUT2D eigenvalue weighted by molar-refractivity contribution is 7.12. The maximum Gasteiger partial charge on any atom is 0.213 e. The quantitative estimate of drug-likeness (QED) is 0.745. The lowest BCUT2D eigenvalue weighted by Gasteiger charge is -2.01. The Kier molecular flexibility index (Phi) is 2.78. The van der Waals surface area contributed by atoms with E-state index >= 15 is 0 Å². The number of hydrogen-bond acceptors (Lipinski definition) is 4. The number of carbonyl (C=O) groups is 1. The third kappa shape index (κ3) is 1.89. The van der Waals surface area contributed by atoms with Gasteiger partial charge in [0, 0.05) is 11.6 Å². The molecule has 0 spiro atoms. The zero-order valence-corrected chi connectivity index (χ0v) is 8.95. The molecule has 0 fully saturated rings. The average molecular weight is 219 g/mol. The number of thiophene rings is 1. The summed E-state index contributed by atoms with van der Waals surface area (Å²) in [6.45, 7) is 0. The Morgan fingerprint density at radius 2 is 2.27 bits per heavy atom. The van der Waals surface area contributed by atoms with E-state index in [1.54, 1.807) is 13.2 Å². The summed E-state index contributed by atoms with van der Waals surface area (Å²) < 4.78 is 5.03. The first-order valence-electron chi connectivity index (χ1n) is 4.39. The fourth-order valence-electron chi connectivity index (χ4n) is 1.30. The zero-order chi connectivity index (χ0) is 10.7. The molecule has 0 N–H and O–H groups in total. The Bertz CT molecular complexity index is 479. The molecular weight excluding hydrogens is 210 g/mol. The Labute approximate surface area is 91.4 Å². The lowest BCUT2D eigenvalue weighted by molar-refractivity contribution is 0.112. The number of hydrogen-bond donors (Lipinski definition) is 0. The van der Waals surface area contributed by atoms with Crippen LogP contribution in [-0.4, -0.2) is 18.4 Å². The van der Waals surface area contributed by atoms with E-state index in [0.29, 0.717) is 10.8 Å². The standard InChI is InChI=1S/C11H9NO2S/c1-14-11-4-2-3-9(12-11)8-5-6-15-10(8)7-13/h2-7H,1H3. The molecule has 0 unspecified atom stereocenters. The molecule has 0 aliphatic carbocycles. The molecule has 15 heavy (non-hydrogen) atoms. The van der Waals surface area contributed by atoms with Gasteiger partial charge in [-0.25, -0.2) is 4.98 Å². The second-order valence-corrected chi connectivity index (χ2v) is 3.83. The molecule has 0 saturated carbocycles. The van der Waals surface area contributed by atoms with Gasteiger partial charge in [0.05, 0.1) is 17.7 Å². The molecule has 4 heteroatoms. The lowest BCUT2D eigenvalue weighted by Crippen LogP contribution is -1.90. The van der Waals surface area contributed by atoms with E-state index in [2.05, 4.69) is 4.98 Å². The Morgan fingerprint density at radius 1 is 1.40 bits per heavy atom. The van der Waals surface area contributed by atoms with E-state index in [-0.39, 0.29) is 0 Å². The van der Waals surface area contributed by atoms with Gasteiger partial charge in [-0.05, 0) is 17.5 Å². The minimum absolute atomic E-state index is 0.551. The van der Waals surface area contributed by atoms with E-state index in [4.69, 9.17) is 4.74 Å². The van der Waals surface area contributed by atoms with Gasteiger partial charge in [-0.1, -0.05) is 6.07 Å². The number of nitrogens with zero attached hydrogens (tertiary/aromatic N) is 1. The molecule has 2 heterocycles. The van der Waals surface area contributed by atoms with Crippen molar-refractivity contribution in [2.24, 2.45) is 0 Å². The van der Waals surface area contributed by atoms with E-state index in [0.717, 1.165) is 17.5 Å². The number of methoxy groups -OCH3 is 1. The van der Waals surface area contributed by atoms with Crippen molar-refractivity contribution >= 4 is 17.6 Å². The molecule has 3 nitrogen and oxygen atoms in total. The van der Waals surface area contributed by atoms with Crippen LogP contribution >= 0.6 is 11.3 Å². The number of pyridine rings is 1. The van der Waals surface area contributed by atoms with Crippen molar-refractivity contribution in [3.05, 3.63) is 34.5 Å². The van der Waals surface area contributed by atoms with E-state index in [1.807, 2.05) is 23.6 Å². The number of ether oxygens (including phenoxy) is 1. The maximum atomic E-state index is 10.8. The summed E-state index contributed by atoms with van der Waals surface area (Å²) in [7, 11) is 1.57. The SMILES string of the molecule is COc1cccc(-c2ccsc2C=O)n1. The molecular formula is C11H9NO2S. The van der Waals surface area contributed by atoms with Gasteiger partial charge in [0.15, 0.2) is 6.29 Å². The van der Waals surface area contributed by atoms with Crippen molar-refractivity contribution in [3.63, 3.8) is 0 Å². The minimum atomic E-state index is 0.551. The molecule has 0 aliphatic heterocycles. The van der Waals surface area contributed by atoms with Crippen molar-refractivity contribution in [2.45, 2.75) is 0 Å². The topological polar surface area (TPSA) is 39.2 Å². The highest BCUT2D eigenvalue weighted by Crippen LogP contribution is 2.26. The first kappa shape index (κ1) is 9.86. The van der Waals surface area contributed by atoms with Gasteiger partial charge >= 0.3 is 0 Å². The van der Waals surface area contributed by atoms with Gasteiger partial charge in [0.2, 0.25) is 5.88 Å². The van der Waals surface area contributed by atoms with Gasteiger partial charge in [-0.3, -0.25) is 4.79 Å². The van der Waals surface area contributed by atoms with Gasteiger partial charge in [0.1, 0.15) is 0 Å². The Balaban J connectivity index is 2.48. The number of rotatable bonds is 3. The summed E-state index contributed by atoms with van der Waals surface area (Å²) in [5.74, 6) is 0.551. The van der Waals surface area contributed by atoms with Crippen molar-refractivity contribution < 1.29 is 9.53 Å². The minimum Gasteiger partial charge on any atom is -0.481 e. The number of aromatic nitrogens is 1. The maximum absolute atomic E-state index is 10.8. The van der Waals surface area contributed by atoms with Crippen LogP contribution in [0.1, 0.15) is 9.67 Å². The summed E-state index contributed by atoms with van der Waals surface area (Å²) >= 11 is 1.41. The summed E-state index contributed by atoms with van der Waals surface area (Å²) in [5, 5.41) is 1.88. The molecule has 2 aromatic heterocycles. The van der Waals surface area contributed by atoms with Crippen LogP contribution in [-0.2, 0) is 0 Å². The Morgan fingerprint density at radius 3 is 3.00 bits per heavy atom. The van der Waals surface area contributed by atoms with Crippen LogP contribution in [0.2, 0.25) is 0 Å². The molecule has 76 valence electrons. The molecule has 0 aliphatic rings. The van der Waals surface area contributed by atoms with Crippen LogP contribution in [0, 0.1) is 0 Å². The molecule has 0 saturated heterocycles. The normalized spacial score (nSPS) is 9.93. The van der Waals surface area contributed by atoms with E-state index in [1.165, 1.54) is 11.3 Å². The van der Waals surface area contributed by atoms with Crippen LogP contribution in [0.25, 0.3) is 11.3 Å². The molecule has 0 atom stereocenters. The fourth-order valence-corrected chi connectivity index (χ4v) is 2.01. The predicted octanol–water partition coefficient (Wildman–Crippen LogP) is 2.63. The van der Waals surface area contributed by atoms with Crippen LogP contribution in [0.4, 0.5) is 0 Å². The lowest BCUT2D eigenvalue weighted by atomic mass is 10.2. The van der Waals surface area contributed by atoms with Crippen LogP contribution in [0.15, 0.2) is 29.6 Å². The summed E-state index contributed by atoms with van der Waals surface area (Å²) in [6.07, 6.45) is 0.848. The van der Waals surface area contributed by atoms with Crippen LogP contribution in [0.5, 0.6) is 5.88 Å². The summed E-state index contributed by atoms with van der Waals surface area (Å²) in [5.41, 5.74) is 1.62. The third-order valence-corrected chi connectivity index (χ3v) is 2.85. The van der Waals surface area contributed by atoms with Crippen LogP contribution in [0.3, 0.4) is 0 Å². The third-order valence-electron chi connectivity index (χ3n) is 2.01. The number of carbonyl (C=O) groups excluding carboxylic acids is 1. The van der Waals surface area contributed by atoms with Crippen molar-refractivity contribution in [3.8, 4) is 17.1 Å². The van der Waals surface area contributed by atoms with Gasteiger partial charge in [0.25, 0.3) is 0 Å². The highest BCUT2D eigenvalue weighted by Gasteiger charge is 2.07. The highest BCUT2D eigenvalue weighted by atomic mass is 32.1. The summed E-state index contributed by atoms with van der Waals surface area (Å²) in [4.78, 5) is 15.7. The first-order chi connectivity index (χ1) is 7.35. The first-order valence-corrected chi connectivity index (χ1v) is 5.27. The molecule has 0 aromatic carbocycles. The molecule has 0 amide bonds. The monoisotopic (exact) mass is 219 g/mol. The smallest absolute Gasteiger partial charge is 0.213 e. The van der Waals surface area contributed by atoms with Crippen molar-refractivity contribution in [1.82, 2.24) is 4.98 Å². The second-order valence-electron chi connectivity index (χ2n) is 2.88. The molecule has 2 rings (SSSR count). The Hall–Kier alpha value is -1.68. The fraction of sp³-hybridized carbons (Fsp3) is 0.0909. The molecule has 0 bridgehead atoms. The number of aldehydes is 1. The zero-order valence-electron chi connectivity index (χ0n) is 8.14. The van der Waals surface area contributed by atoms with E-state index in [9.17, 15) is 4.79 Å². The van der Waals surface area contributed by atoms with Crippen molar-refractivity contribution in [1.29, 1.82) is 0 Å².